The summed E-state index contributed by atoms with van der Waals surface area (Å²) in [7, 11) is 1.53. The van der Waals surface area contributed by atoms with Gasteiger partial charge in [0, 0.05) is 42.6 Å². The van der Waals surface area contributed by atoms with Gasteiger partial charge in [0.05, 0.1) is 50.7 Å². The second kappa shape index (κ2) is 24.5. The van der Waals surface area contributed by atoms with Crippen LogP contribution in [0.1, 0.15) is 23.2 Å². The monoisotopic (exact) mass is 971 g/mol. The van der Waals surface area contributed by atoms with E-state index < -0.39 is 0 Å². The number of rotatable bonds is 26. The molecule has 6 aromatic carbocycles. The third-order valence-electron chi connectivity index (χ3n) is 11.4. The molecule has 0 aliphatic rings. The molecule has 9 aromatic rings. The standard InChI is InChI=1S/C57H53N3O12/c1-63-39-70-47-33-52(68-37-40-11-4-2-5-12-40)54-49(61)35-51(71-53(54)34-47)42-18-22-45(23-19-42)66-27-10-15-44-36-60(59-58-44)26-28-64-29-30-65-31-32-67-46-24-20-43(21-25-46)56-57(69-38-41-13-6-3-7-14-41)55(62)48-16-8-9-17-50(48)72-56/h2-9,11-14,16-25,33-36H,10,15,26-32,37-39H2,1H3. The molecule has 0 radical (unpaired) electrons. The summed E-state index contributed by atoms with van der Waals surface area (Å²) in [5, 5.41) is 9.32. The normalized spacial score (nSPS) is 11.2. The van der Waals surface area contributed by atoms with Gasteiger partial charge >= 0.3 is 0 Å². The predicted octanol–water partition coefficient (Wildman–Crippen LogP) is 10.1. The first-order valence-electron chi connectivity index (χ1n) is 23.6. The topological polar surface area (TPSA) is 165 Å². The number of ether oxygens (including phenoxy) is 8. The van der Waals surface area contributed by atoms with Crippen LogP contribution >= 0.6 is 0 Å². The second-order valence-corrected chi connectivity index (χ2v) is 16.5. The van der Waals surface area contributed by atoms with Crippen LogP contribution in [0.3, 0.4) is 0 Å². The molecular formula is C57H53N3O12. The van der Waals surface area contributed by atoms with Gasteiger partial charge in [-0.3, -0.25) is 9.59 Å². The molecule has 9 rings (SSSR count). The van der Waals surface area contributed by atoms with E-state index in [1.54, 1.807) is 35.0 Å². The maximum absolute atomic E-state index is 13.5. The van der Waals surface area contributed by atoms with Gasteiger partial charge in [0.1, 0.15) is 65.1 Å². The number of methoxy groups -OCH3 is 1. The Bertz CT molecular complexity index is 3270. The molecule has 0 amide bonds. The van der Waals surface area contributed by atoms with Crippen LogP contribution < -0.4 is 34.5 Å². The Labute approximate surface area is 415 Å². The van der Waals surface area contributed by atoms with Crippen LogP contribution in [0.25, 0.3) is 44.6 Å². The Morgan fingerprint density at radius 2 is 1.22 bits per heavy atom. The van der Waals surface area contributed by atoms with Crippen molar-refractivity contribution in [3.05, 3.63) is 195 Å². The van der Waals surface area contributed by atoms with Gasteiger partial charge in [-0.25, -0.2) is 4.68 Å². The number of nitrogens with zero attached hydrogens (tertiary/aromatic N) is 3. The minimum atomic E-state index is -0.235. The van der Waals surface area contributed by atoms with Crippen molar-refractivity contribution >= 4 is 21.9 Å². The number of fused-ring (bicyclic) bond motifs is 2. The van der Waals surface area contributed by atoms with Gasteiger partial charge in [0.2, 0.25) is 11.2 Å². The number of benzene rings is 6. The van der Waals surface area contributed by atoms with Gasteiger partial charge in [0.25, 0.3) is 0 Å². The summed E-state index contributed by atoms with van der Waals surface area (Å²) in [6.07, 6.45) is 3.35. The van der Waals surface area contributed by atoms with Crippen LogP contribution in [0.2, 0.25) is 0 Å². The molecule has 0 saturated heterocycles. The zero-order valence-corrected chi connectivity index (χ0v) is 39.7. The van der Waals surface area contributed by atoms with Crippen molar-refractivity contribution < 1.29 is 46.7 Å². The zero-order chi connectivity index (χ0) is 49.3. The summed E-state index contributed by atoms with van der Waals surface area (Å²) in [6.45, 7) is 3.60. The zero-order valence-electron chi connectivity index (χ0n) is 39.7. The van der Waals surface area contributed by atoms with Crippen molar-refractivity contribution in [3.8, 4) is 51.4 Å². The molecule has 368 valence electrons. The summed E-state index contributed by atoms with van der Waals surface area (Å²) in [4.78, 5) is 27.0. The number of hydrogen-bond acceptors (Lipinski definition) is 14. The van der Waals surface area contributed by atoms with Gasteiger partial charge in [-0.2, -0.15) is 0 Å². The highest BCUT2D eigenvalue weighted by Crippen LogP contribution is 2.34. The van der Waals surface area contributed by atoms with Gasteiger partial charge in [-0.15, -0.1) is 5.10 Å². The van der Waals surface area contributed by atoms with Crippen molar-refractivity contribution in [1.29, 1.82) is 0 Å². The van der Waals surface area contributed by atoms with E-state index >= 15 is 0 Å². The van der Waals surface area contributed by atoms with Gasteiger partial charge in [-0.05, 0) is 84.6 Å². The first-order valence-corrected chi connectivity index (χ1v) is 23.6. The summed E-state index contributed by atoms with van der Waals surface area (Å²) in [5.74, 6) is 3.08. The molecule has 0 aliphatic carbocycles. The molecular weight excluding hydrogens is 919 g/mol. The van der Waals surface area contributed by atoms with Crippen LogP contribution in [0.4, 0.5) is 0 Å². The van der Waals surface area contributed by atoms with E-state index in [1.807, 2.05) is 121 Å². The molecule has 0 fully saturated rings. The average Bonchev–Trinajstić information content (AvgIpc) is 3.88. The molecule has 0 atom stereocenters. The van der Waals surface area contributed by atoms with Crippen molar-refractivity contribution in [2.24, 2.45) is 0 Å². The Morgan fingerprint density at radius 1 is 0.569 bits per heavy atom. The molecule has 0 N–H and O–H groups in total. The molecule has 0 saturated carbocycles. The SMILES string of the molecule is COCOc1cc(OCc2ccccc2)c2c(=O)cc(-c3ccc(OCCCc4cn(CCOCCOCCOc5ccc(-c6oc7ccccc7c(=O)c6OCc6ccccc6)cc5)nn4)cc3)oc2c1. The summed E-state index contributed by atoms with van der Waals surface area (Å²) < 4.78 is 60.6. The molecule has 15 nitrogen and oxygen atoms in total. The third kappa shape index (κ3) is 12.9. The third-order valence-corrected chi connectivity index (χ3v) is 11.4. The van der Waals surface area contributed by atoms with Crippen molar-refractivity contribution in [3.63, 3.8) is 0 Å². The molecule has 15 heteroatoms. The number of para-hydroxylation sites is 1. The lowest BCUT2D eigenvalue weighted by Gasteiger charge is -2.13. The lowest BCUT2D eigenvalue weighted by molar-refractivity contribution is 0.0333. The fourth-order valence-corrected chi connectivity index (χ4v) is 7.73. The lowest BCUT2D eigenvalue weighted by Crippen LogP contribution is -2.13. The van der Waals surface area contributed by atoms with Crippen LogP contribution in [0.15, 0.2) is 176 Å². The van der Waals surface area contributed by atoms with E-state index in [0.717, 1.165) is 23.2 Å². The predicted molar refractivity (Wildman–Crippen MR) is 271 cm³/mol. The van der Waals surface area contributed by atoms with Crippen LogP contribution in [0, 0.1) is 0 Å². The highest BCUT2D eigenvalue weighted by Gasteiger charge is 2.19. The van der Waals surface area contributed by atoms with E-state index in [1.165, 1.54) is 13.2 Å². The molecule has 0 bridgehead atoms. The van der Waals surface area contributed by atoms with Crippen molar-refractivity contribution in [2.45, 2.75) is 32.6 Å². The molecule has 0 spiro atoms. The number of hydrogen-bond donors (Lipinski definition) is 0. The first kappa shape index (κ1) is 48.8. The van der Waals surface area contributed by atoms with E-state index in [9.17, 15) is 9.59 Å². The average molecular weight is 972 g/mol. The van der Waals surface area contributed by atoms with Crippen LogP contribution in [0.5, 0.6) is 28.7 Å². The fourth-order valence-electron chi connectivity index (χ4n) is 7.73. The van der Waals surface area contributed by atoms with Gasteiger partial charge in [0.15, 0.2) is 18.0 Å². The Kier molecular flexibility index (Phi) is 16.6. The van der Waals surface area contributed by atoms with E-state index in [4.69, 9.17) is 46.7 Å². The maximum atomic E-state index is 13.5. The van der Waals surface area contributed by atoms with E-state index in [2.05, 4.69) is 10.3 Å². The summed E-state index contributed by atoms with van der Waals surface area (Å²) in [5.41, 5.74) is 4.53. The minimum Gasteiger partial charge on any atom is -0.494 e. The van der Waals surface area contributed by atoms with E-state index in [0.29, 0.717) is 120 Å². The highest BCUT2D eigenvalue weighted by atomic mass is 16.7. The van der Waals surface area contributed by atoms with Crippen molar-refractivity contribution in [2.75, 3.05) is 53.5 Å². The van der Waals surface area contributed by atoms with E-state index in [-0.39, 0.29) is 36.6 Å². The first-order chi connectivity index (χ1) is 35.5. The second-order valence-electron chi connectivity index (χ2n) is 16.5. The minimum absolute atomic E-state index is 0.0251. The van der Waals surface area contributed by atoms with Crippen LogP contribution in [-0.2, 0) is 40.4 Å². The summed E-state index contributed by atoms with van der Waals surface area (Å²) in [6, 6.07) is 46.1. The molecule has 3 aromatic heterocycles. The Balaban J connectivity index is 0.663. The Hall–Kier alpha value is -8.24. The van der Waals surface area contributed by atoms with Crippen LogP contribution in [-0.4, -0.2) is 68.5 Å². The fraction of sp³-hybridized carbons (Fsp3) is 0.228. The smallest absolute Gasteiger partial charge is 0.235 e. The number of aryl methyl sites for hydroxylation is 1. The van der Waals surface area contributed by atoms with Crippen molar-refractivity contribution in [1.82, 2.24) is 15.0 Å². The van der Waals surface area contributed by atoms with Gasteiger partial charge in [-0.1, -0.05) is 78.0 Å². The largest absolute Gasteiger partial charge is 0.494 e. The lowest BCUT2D eigenvalue weighted by atomic mass is 10.1. The van der Waals surface area contributed by atoms with Gasteiger partial charge < -0.3 is 46.7 Å². The highest BCUT2D eigenvalue weighted by molar-refractivity contribution is 5.86. The quantitative estimate of drug-likeness (QED) is 0.0372. The maximum Gasteiger partial charge on any atom is 0.235 e. The molecule has 72 heavy (non-hydrogen) atoms. The molecule has 0 unspecified atom stereocenters. The molecule has 3 heterocycles. The Morgan fingerprint density at radius 3 is 1.96 bits per heavy atom. The number of aromatic nitrogens is 3. The molecule has 0 aliphatic heterocycles. The summed E-state index contributed by atoms with van der Waals surface area (Å²) >= 11 is 0.